The van der Waals surface area contributed by atoms with Crippen molar-refractivity contribution >= 4 is 0 Å². The Kier molecular flexibility index (Phi) is 6.11. The van der Waals surface area contributed by atoms with Gasteiger partial charge in [0.15, 0.2) is 0 Å². The van der Waals surface area contributed by atoms with Gasteiger partial charge in [0.1, 0.15) is 12.4 Å². The average molecular weight is 335 g/mol. The fourth-order valence-corrected chi connectivity index (χ4v) is 3.90. The number of likely N-dealkylation sites (tertiary alicyclic amines) is 1. The van der Waals surface area contributed by atoms with Gasteiger partial charge in [0.05, 0.1) is 18.3 Å². The van der Waals surface area contributed by atoms with Crippen molar-refractivity contribution in [3.05, 3.63) is 29.8 Å². The molecule has 0 saturated carbocycles. The second kappa shape index (κ2) is 8.30. The fourth-order valence-electron chi connectivity index (χ4n) is 3.90. The molecular formula is C19H29NO4. The number of nitrogens with zero attached hydrogens (tertiary/aromatic N) is 1. The van der Waals surface area contributed by atoms with Gasteiger partial charge in [-0.2, -0.15) is 0 Å². The molecule has 0 bridgehead atoms. The van der Waals surface area contributed by atoms with Crippen LogP contribution >= 0.6 is 0 Å². The summed E-state index contributed by atoms with van der Waals surface area (Å²) >= 11 is 0. The Bertz CT molecular complexity index is 497. The molecule has 3 rings (SSSR count). The lowest BCUT2D eigenvalue weighted by atomic mass is 9.82. The molecule has 0 aliphatic carbocycles. The molecule has 1 N–H and O–H groups in total. The quantitative estimate of drug-likeness (QED) is 0.864. The zero-order chi connectivity index (χ0) is 16.8. The van der Waals surface area contributed by atoms with Crippen molar-refractivity contribution in [3.8, 4) is 5.75 Å². The number of aliphatic hydroxyl groups excluding tert-OH is 1. The molecule has 5 heteroatoms. The largest absolute Gasteiger partial charge is 0.491 e. The summed E-state index contributed by atoms with van der Waals surface area (Å²) < 4.78 is 17.3. The number of hydrogen-bond donors (Lipinski definition) is 1. The minimum absolute atomic E-state index is 0.0435. The highest BCUT2D eigenvalue weighted by Gasteiger charge is 2.44. The van der Waals surface area contributed by atoms with Gasteiger partial charge in [-0.25, -0.2) is 0 Å². The number of piperidine rings is 1. The molecule has 0 amide bonds. The summed E-state index contributed by atoms with van der Waals surface area (Å²) in [6.07, 6.45) is 4.56. The number of hydrogen-bond acceptors (Lipinski definition) is 5. The first-order chi connectivity index (χ1) is 11.8. The Labute approximate surface area is 144 Å². The van der Waals surface area contributed by atoms with Crippen LogP contribution < -0.4 is 4.74 Å². The van der Waals surface area contributed by atoms with E-state index in [1.807, 2.05) is 19.2 Å². The summed E-state index contributed by atoms with van der Waals surface area (Å²) in [4.78, 5) is 2.49. The molecule has 1 spiro atoms. The smallest absolute Gasteiger partial charge is 0.119 e. The van der Waals surface area contributed by atoms with Gasteiger partial charge in [0.25, 0.3) is 0 Å². The number of benzene rings is 1. The van der Waals surface area contributed by atoms with Crippen molar-refractivity contribution in [3.63, 3.8) is 0 Å². The molecule has 2 heterocycles. The van der Waals surface area contributed by atoms with Crippen molar-refractivity contribution < 1.29 is 19.3 Å². The van der Waals surface area contributed by atoms with Crippen molar-refractivity contribution in [2.75, 3.05) is 40.0 Å². The van der Waals surface area contributed by atoms with Gasteiger partial charge >= 0.3 is 0 Å². The van der Waals surface area contributed by atoms with E-state index in [0.29, 0.717) is 6.61 Å². The number of ether oxygens (including phenoxy) is 3. The fraction of sp³-hybridized carbons (Fsp3) is 0.684. The van der Waals surface area contributed by atoms with Crippen LogP contribution in [0.4, 0.5) is 0 Å². The first-order valence-electron chi connectivity index (χ1n) is 8.97. The van der Waals surface area contributed by atoms with E-state index >= 15 is 0 Å². The highest BCUT2D eigenvalue weighted by Crippen LogP contribution is 2.37. The van der Waals surface area contributed by atoms with Crippen LogP contribution in [0.2, 0.25) is 0 Å². The third-order valence-electron chi connectivity index (χ3n) is 5.26. The summed E-state index contributed by atoms with van der Waals surface area (Å²) in [5.74, 6) is 0.809. The Balaban J connectivity index is 1.51. The molecule has 1 aromatic carbocycles. The zero-order valence-corrected chi connectivity index (χ0v) is 14.6. The van der Waals surface area contributed by atoms with E-state index < -0.39 is 0 Å². The lowest BCUT2D eigenvalue weighted by Crippen LogP contribution is -2.55. The van der Waals surface area contributed by atoms with E-state index in [2.05, 4.69) is 17.0 Å². The second-order valence-electron chi connectivity index (χ2n) is 6.77. The summed E-state index contributed by atoms with van der Waals surface area (Å²) in [7, 11) is 1.81. The predicted octanol–water partition coefficient (Wildman–Crippen LogP) is 2.22. The summed E-state index contributed by atoms with van der Waals surface area (Å²) in [6, 6.07) is 8.15. The van der Waals surface area contributed by atoms with Gasteiger partial charge in [0, 0.05) is 33.4 Å². The van der Waals surface area contributed by atoms with E-state index in [1.165, 1.54) is 5.56 Å². The molecule has 5 nitrogen and oxygen atoms in total. The van der Waals surface area contributed by atoms with Gasteiger partial charge < -0.3 is 19.3 Å². The third-order valence-corrected chi connectivity index (χ3v) is 5.26. The van der Waals surface area contributed by atoms with Crippen LogP contribution in [0.1, 0.15) is 31.2 Å². The monoisotopic (exact) mass is 335 g/mol. The van der Waals surface area contributed by atoms with Gasteiger partial charge in [-0.05, 0) is 43.4 Å². The number of methoxy groups -OCH3 is 1. The minimum Gasteiger partial charge on any atom is -0.491 e. The van der Waals surface area contributed by atoms with Crippen LogP contribution in [0.3, 0.4) is 0 Å². The van der Waals surface area contributed by atoms with Crippen molar-refractivity contribution in [1.82, 2.24) is 4.90 Å². The van der Waals surface area contributed by atoms with Crippen LogP contribution in [-0.2, 0) is 16.0 Å². The highest BCUT2D eigenvalue weighted by molar-refractivity contribution is 5.27. The normalized spacial score (nSPS) is 24.2. The highest BCUT2D eigenvalue weighted by atomic mass is 16.5. The van der Waals surface area contributed by atoms with Gasteiger partial charge in [-0.3, -0.25) is 4.90 Å². The molecule has 0 aromatic heterocycles. The van der Waals surface area contributed by atoms with E-state index in [-0.39, 0.29) is 18.3 Å². The Morgan fingerprint density at radius 1 is 1.25 bits per heavy atom. The molecule has 2 aliphatic heterocycles. The first-order valence-corrected chi connectivity index (χ1v) is 8.97. The lowest BCUT2D eigenvalue weighted by Gasteiger charge is -2.48. The second-order valence-corrected chi connectivity index (χ2v) is 6.77. The molecule has 0 radical (unpaired) electrons. The molecule has 1 atom stereocenters. The third kappa shape index (κ3) is 4.09. The van der Waals surface area contributed by atoms with E-state index in [4.69, 9.17) is 19.3 Å². The maximum Gasteiger partial charge on any atom is 0.119 e. The van der Waals surface area contributed by atoms with Crippen LogP contribution in [0.25, 0.3) is 0 Å². The molecule has 134 valence electrons. The molecule has 2 saturated heterocycles. The first kappa shape index (κ1) is 17.7. The molecule has 2 fully saturated rings. The summed E-state index contributed by atoms with van der Waals surface area (Å²) in [5, 5.41) is 8.79. The molecule has 1 aromatic rings. The molecule has 1 unspecified atom stereocenters. The van der Waals surface area contributed by atoms with E-state index in [1.54, 1.807) is 0 Å². The molecule has 24 heavy (non-hydrogen) atoms. The van der Waals surface area contributed by atoms with Gasteiger partial charge in [-0.15, -0.1) is 0 Å². The van der Waals surface area contributed by atoms with Crippen LogP contribution in [0, 0.1) is 0 Å². The Morgan fingerprint density at radius 2 is 2.00 bits per heavy atom. The maximum absolute atomic E-state index is 8.79. The van der Waals surface area contributed by atoms with Crippen LogP contribution in [0.15, 0.2) is 24.3 Å². The topological polar surface area (TPSA) is 51.2 Å². The number of aliphatic hydroxyl groups is 1. The van der Waals surface area contributed by atoms with E-state index in [0.717, 1.165) is 57.7 Å². The Morgan fingerprint density at radius 3 is 2.67 bits per heavy atom. The SMILES string of the molecule is COC1CCCOC12CCN(Cc1ccc(OCCO)cc1)CC2. The molecular weight excluding hydrogens is 306 g/mol. The Hall–Kier alpha value is -1.14. The molecule has 2 aliphatic rings. The van der Waals surface area contributed by atoms with Crippen molar-refractivity contribution in [2.24, 2.45) is 0 Å². The van der Waals surface area contributed by atoms with Gasteiger partial charge in [-0.1, -0.05) is 12.1 Å². The number of rotatable bonds is 6. The van der Waals surface area contributed by atoms with Crippen LogP contribution in [-0.4, -0.2) is 61.7 Å². The maximum atomic E-state index is 8.79. The predicted molar refractivity (Wildman–Crippen MR) is 92.2 cm³/mol. The summed E-state index contributed by atoms with van der Waals surface area (Å²) in [6.45, 7) is 4.30. The average Bonchev–Trinajstić information content (AvgIpc) is 2.63. The van der Waals surface area contributed by atoms with E-state index in [9.17, 15) is 0 Å². The van der Waals surface area contributed by atoms with Gasteiger partial charge in [0.2, 0.25) is 0 Å². The lowest BCUT2D eigenvalue weighted by molar-refractivity contribution is -0.186. The van der Waals surface area contributed by atoms with Crippen molar-refractivity contribution in [2.45, 2.75) is 43.9 Å². The zero-order valence-electron chi connectivity index (χ0n) is 14.6. The van der Waals surface area contributed by atoms with Crippen LogP contribution in [0.5, 0.6) is 5.75 Å². The standard InChI is InChI=1S/C19H29NO4/c1-22-18-3-2-13-24-19(18)8-10-20(11-9-19)15-16-4-6-17(7-5-16)23-14-12-21/h4-7,18,21H,2-3,8-15H2,1H3. The minimum atomic E-state index is -0.0640. The van der Waals surface area contributed by atoms with Crippen molar-refractivity contribution in [1.29, 1.82) is 0 Å². The summed E-state index contributed by atoms with van der Waals surface area (Å²) in [5.41, 5.74) is 1.22.